The predicted octanol–water partition coefficient (Wildman–Crippen LogP) is 1.35. The average Bonchev–Trinajstić information content (AvgIpc) is 2.64. The summed E-state index contributed by atoms with van der Waals surface area (Å²) in [6, 6.07) is 0. The predicted molar refractivity (Wildman–Crippen MR) is 75.4 cm³/mol. The van der Waals surface area contributed by atoms with Crippen LogP contribution in [0.3, 0.4) is 0 Å². The highest BCUT2D eigenvalue weighted by atomic mass is 16.1. The fourth-order valence-corrected chi connectivity index (χ4v) is 2.55. The standard InChI is InChI=1S/C14H29N3O/c1-2-7-13(12-15)14(18)16-8-11-17-9-5-3-4-6-10-17/h13H,2-12,15H2,1H3,(H,16,18). The second kappa shape index (κ2) is 9.34. The molecule has 0 aliphatic carbocycles. The van der Waals surface area contributed by atoms with Crippen molar-refractivity contribution in [2.24, 2.45) is 11.7 Å². The van der Waals surface area contributed by atoms with Crippen molar-refractivity contribution in [3.8, 4) is 0 Å². The molecular weight excluding hydrogens is 226 g/mol. The lowest BCUT2D eigenvalue weighted by Gasteiger charge is -2.21. The van der Waals surface area contributed by atoms with Crippen LogP contribution in [0.15, 0.2) is 0 Å². The van der Waals surface area contributed by atoms with Crippen molar-refractivity contribution in [3.05, 3.63) is 0 Å². The first-order chi connectivity index (χ1) is 8.77. The van der Waals surface area contributed by atoms with Crippen molar-refractivity contribution < 1.29 is 4.79 Å². The Morgan fingerprint density at radius 3 is 2.50 bits per heavy atom. The number of carbonyl (C=O) groups excluding carboxylic acids is 1. The molecule has 4 nitrogen and oxygen atoms in total. The number of nitrogens with two attached hydrogens (primary N) is 1. The molecule has 0 aromatic carbocycles. The van der Waals surface area contributed by atoms with Gasteiger partial charge in [0.1, 0.15) is 0 Å². The van der Waals surface area contributed by atoms with Crippen LogP contribution in [0.1, 0.15) is 45.4 Å². The molecule has 3 N–H and O–H groups in total. The Morgan fingerprint density at radius 2 is 1.94 bits per heavy atom. The lowest BCUT2D eigenvalue weighted by atomic mass is 10.0. The molecule has 1 unspecified atom stereocenters. The molecule has 0 bridgehead atoms. The van der Waals surface area contributed by atoms with Crippen molar-refractivity contribution in [3.63, 3.8) is 0 Å². The lowest BCUT2D eigenvalue weighted by molar-refractivity contribution is -0.124. The zero-order valence-corrected chi connectivity index (χ0v) is 11.8. The summed E-state index contributed by atoms with van der Waals surface area (Å²) in [7, 11) is 0. The van der Waals surface area contributed by atoms with E-state index in [4.69, 9.17) is 5.73 Å². The van der Waals surface area contributed by atoms with Gasteiger partial charge in [-0.3, -0.25) is 4.79 Å². The second-order valence-electron chi connectivity index (χ2n) is 5.27. The Labute approximate surface area is 111 Å². The molecule has 1 aliphatic heterocycles. The number of carbonyl (C=O) groups is 1. The van der Waals surface area contributed by atoms with E-state index in [9.17, 15) is 4.79 Å². The molecule has 1 rings (SSSR count). The van der Waals surface area contributed by atoms with Gasteiger partial charge in [-0.1, -0.05) is 26.2 Å². The highest BCUT2D eigenvalue weighted by Gasteiger charge is 2.15. The molecule has 1 heterocycles. The maximum atomic E-state index is 11.9. The van der Waals surface area contributed by atoms with Gasteiger partial charge in [0.15, 0.2) is 0 Å². The molecule has 1 saturated heterocycles. The van der Waals surface area contributed by atoms with Crippen molar-refractivity contribution in [1.82, 2.24) is 10.2 Å². The zero-order valence-electron chi connectivity index (χ0n) is 11.8. The van der Waals surface area contributed by atoms with Crippen LogP contribution in [-0.2, 0) is 4.79 Å². The third kappa shape index (κ3) is 5.83. The van der Waals surface area contributed by atoms with E-state index >= 15 is 0 Å². The van der Waals surface area contributed by atoms with E-state index in [1.54, 1.807) is 0 Å². The Morgan fingerprint density at radius 1 is 1.28 bits per heavy atom. The van der Waals surface area contributed by atoms with E-state index in [0.717, 1.165) is 25.9 Å². The number of nitrogens with zero attached hydrogens (tertiary/aromatic N) is 1. The second-order valence-corrected chi connectivity index (χ2v) is 5.27. The summed E-state index contributed by atoms with van der Waals surface area (Å²) in [4.78, 5) is 14.3. The summed E-state index contributed by atoms with van der Waals surface area (Å²) >= 11 is 0. The van der Waals surface area contributed by atoms with Gasteiger partial charge >= 0.3 is 0 Å². The van der Waals surface area contributed by atoms with Crippen molar-refractivity contribution in [1.29, 1.82) is 0 Å². The summed E-state index contributed by atoms with van der Waals surface area (Å²) in [5.74, 6) is 0.133. The largest absolute Gasteiger partial charge is 0.355 e. The van der Waals surface area contributed by atoms with Gasteiger partial charge in [-0.2, -0.15) is 0 Å². The van der Waals surface area contributed by atoms with Gasteiger partial charge in [-0.05, 0) is 32.4 Å². The Kier molecular flexibility index (Phi) is 8.01. The van der Waals surface area contributed by atoms with Crippen LogP contribution < -0.4 is 11.1 Å². The van der Waals surface area contributed by atoms with Gasteiger partial charge in [0.05, 0.1) is 5.92 Å². The monoisotopic (exact) mass is 255 g/mol. The van der Waals surface area contributed by atoms with Crippen LogP contribution in [0.5, 0.6) is 0 Å². The number of hydrogen-bond donors (Lipinski definition) is 2. The summed E-state index contributed by atoms with van der Waals surface area (Å²) in [6.45, 7) is 6.67. The molecule has 106 valence electrons. The smallest absolute Gasteiger partial charge is 0.224 e. The molecule has 18 heavy (non-hydrogen) atoms. The maximum absolute atomic E-state index is 11.9. The van der Waals surface area contributed by atoms with Crippen molar-refractivity contribution >= 4 is 5.91 Å². The summed E-state index contributed by atoms with van der Waals surface area (Å²) in [5.41, 5.74) is 5.62. The van der Waals surface area contributed by atoms with Gasteiger partial charge in [-0.25, -0.2) is 0 Å². The van der Waals surface area contributed by atoms with Gasteiger partial charge < -0.3 is 16.0 Å². The van der Waals surface area contributed by atoms with Crippen LogP contribution in [0.25, 0.3) is 0 Å². The SMILES string of the molecule is CCCC(CN)C(=O)NCCN1CCCCCC1. The maximum Gasteiger partial charge on any atom is 0.224 e. The normalized spacial score (nSPS) is 19.2. The van der Waals surface area contributed by atoms with E-state index in [1.807, 2.05) is 0 Å². The molecule has 1 fully saturated rings. The van der Waals surface area contributed by atoms with Crippen molar-refractivity contribution in [2.45, 2.75) is 45.4 Å². The molecular formula is C14H29N3O. The summed E-state index contributed by atoms with van der Waals surface area (Å²) in [5, 5.41) is 3.03. The lowest BCUT2D eigenvalue weighted by Crippen LogP contribution is -2.40. The van der Waals surface area contributed by atoms with Crippen LogP contribution in [-0.4, -0.2) is 43.5 Å². The quantitative estimate of drug-likeness (QED) is 0.722. The first-order valence-corrected chi connectivity index (χ1v) is 7.48. The van der Waals surface area contributed by atoms with Gasteiger partial charge in [-0.15, -0.1) is 0 Å². The average molecular weight is 255 g/mol. The minimum atomic E-state index is -0.000802. The minimum absolute atomic E-state index is 0.000802. The minimum Gasteiger partial charge on any atom is -0.355 e. The van der Waals surface area contributed by atoms with Crippen LogP contribution in [0.4, 0.5) is 0 Å². The molecule has 1 amide bonds. The fourth-order valence-electron chi connectivity index (χ4n) is 2.55. The Balaban J connectivity index is 2.17. The van der Waals surface area contributed by atoms with E-state index in [1.165, 1.54) is 38.8 Å². The Bertz CT molecular complexity index is 225. The van der Waals surface area contributed by atoms with Gasteiger partial charge in [0, 0.05) is 19.6 Å². The molecule has 0 aromatic heterocycles. The highest BCUT2D eigenvalue weighted by Crippen LogP contribution is 2.09. The summed E-state index contributed by atoms with van der Waals surface area (Å²) in [6.07, 6.45) is 7.22. The molecule has 0 saturated carbocycles. The van der Waals surface area contributed by atoms with Crippen LogP contribution in [0, 0.1) is 5.92 Å². The third-order valence-corrected chi connectivity index (χ3v) is 3.72. The first-order valence-electron chi connectivity index (χ1n) is 7.48. The summed E-state index contributed by atoms with van der Waals surface area (Å²) < 4.78 is 0. The molecule has 1 atom stereocenters. The van der Waals surface area contributed by atoms with Crippen LogP contribution >= 0.6 is 0 Å². The molecule has 0 radical (unpaired) electrons. The first kappa shape index (κ1) is 15.4. The fraction of sp³-hybridized carbons (Fsp3) is 0.929. The van der Waals surface area contributed by atoms with E-state index in [-0.39, 0.29) is 11.8 Å². The molecule has 1 aliphatic rings. The molecule has 4 heteroatoms. The number of rotatable bonds is 7. The van der Waals surface area contributed by atoms with Crippen molar-refractivity contribution in [2.75, 3.05) is 32.7 Å². The van der Waals surface area contributed by atoms with E-state index in [0.29, 0.717) is 6.54 Å². The number of nitrogens with one attached hydrogen (secondary N) is 1. The molecule has 0 spiro atoms. The van der Waals surface area contributed by atoms with Gasteiger partial charge in [0.2, 0.25) is 5.91 Å². The van der Waals surface area contributed by atoms with E-state index < -0.39 is 0 Å². The van der Waals surface area contributed by atoms with Gasteiger partial charge in [0.25, 0.3) is 0 Å². The number of likely N-dealkylation sites (tertiary alicyclic amines) is 1. The topological polar surface area (TPSA) is 58.4 Å². The van der Waals surface area contributed by atoms with Crippen LogP contribution in [0.2, 0.25) is 0 Å². The highest BCUT2D eigenvalue weighted by molar-refractivity contribution is 5.78. The molecule has 0 aromatic rings. The number of amides is 1. The van der Waals surface area contributed by atoms with E-state index in [2.05, 4.69) is 17.1 Å². The zero-order chi connectivity index (χ0) is 13.2. The Hall–Kier alpha value is -0.610. The third-order valence-electron chi connectivity index (χ3n) is 3.72. The number of hydrogen-bond acceptors (Lipinski definition) is 3.